The van der Waals surface area contributed by atoms with Crippen molar-refractivity contribution in [3.05, 3.63) is 0 Å². The Bertz CT molecular complexity index is 14.4. The Morgan fingerprint density at radius 2 is 2.40 bits per heavy atom. The molecule has 0 aromatic carbocycles. The SMILES string of the molecule is COC[CH2][PoH]. The summed E-state index contributed by atoms with van der Waals surface area (Å²) in [4.78, 5) is 0. The van der Waals surface area contributed by atoms with Crippen LogP contribution in [-0.2, 0) is 4.74 Å². The Balaban J connectivity index is 2.19. The molecule has 5 heavy (non-hydrogen) atoms. The van der Waals surface area contributed by atoms with Gasteiger partial charge < -0.3 is 0 Å². The molecule has 0 bridgehead atoms. The third-order valence-corrected chi connectivity index (χ3v) is 1.01. The van der Waals surface area contributed by atoms with E-state index in [0.717, 1.165) is 6.61 Å². The van der Waals surface area contributed by atoms with Crippen molar-refractivity contribution < 1.29 is 4.74 Å². The van der Waals surface area contributed by atoms with Gasteiger partial charge in [0.2, 0.25) is 0 Å². The quantitative estimate of drug-likeness (QED) is 0.683. The third kappa shape index (κ3) is 4.86. The molecule has 32 valence electrons. The second kappa shape index (κ2) is 4.86. The zero-order valence-corrected chi connectivity index (χ0v) is 6.75. The van der Waals surface area contributed by atoms with Crippen molar-refractivity contribution >= 4 is 25.1 Å². The molecule has 0 aliphatic carbocycles. The summed E-state index contributed by atoms with van der Waals surface area (Å²) in [5.41, 5.74) is 0. The first-order valence-corrected chi connectivity index (χ1v) is 3.97. The van der Waals surface area contributed by atoms with Gasteiger partial charge in [0, 0.05) is 0 Å². The normalized spacial score (nSPS) is 8.40. The monoisotopic (exact) mass is 269 g/mol. The topological polar surface area (TPSA) is 9.23 Å². The predicted octanol–water partition coefficient (Wildman–Crippen LogP) is -0.0481. The first-order chi connectivity index (χ1) is 2.41. The third-order valence-electron chi connectivity index (χ3n) is 0.295. The van der Waals surface area contributed by atoms with Gasteiger partial charge in [-0.15, -0.1) is 0 Å². The summed E-state index contributed by atoms with van der Waals surface area (Å²) in [6, 6.07) is 0. The molecule has 1 nitrogen and oxygen atoms in total. The van der Waals surface area contributed by atoms with Crippen LogP contribution in [0.5, 0.6) is 0 Å². The van der Waals surface area contributed by atoms with Crippen LogP contribution in [0.15, 0.2) is 0 Å². The average molecular weight is 269 g/mol. The molecule has 2 heteroatoms. The summed E-state index contributed by atoms with van der Waals surface area (Å²) in [6.07, 6.45) is 0. The van der Waals surface area contributed by atoms with E-state index in [0.29, 0.717) is 0 Å². The molecule has 0 spiro atoms. The van der Waals surface area contributed by atoms with E-state index in [1.54, 1.807) is 7.11 Å². The van der Waals surface area contributed by atoms with Crippen molar-refractivity contribution in [3.63, 3.8) is 0 Å². The molecular formula is C3H8OPo. The average Bonchev–Trinajstić information content (AvgIpc) is 1.41. The van der Waals surface area contributed by atoms with Gasteiger partial charge in [-0.3, -0.25) is 0 Å². The van der Waals surface area contributed by atoms with Crippen molar-refractivity contribution in [3.8, 4) is 0 Å². The van der Waals surface area contributed by atoms with E-state index in [4.69, 9.17) is 4.74 Å². The fourth-order valence-corrected chi connectivity index (χ4v) is 0.801. The van der Waals surface area contributed by atoms with Gasteiger partial charge in [0.05, 0.1) is 0 Å². The predicted molar refractivity (Wildman–Crippen MR) is 23.8 cm³/mol. The van der Waals surface area contributed by atoms with Crippen molar-refractivity contribution in [2.24, 2.45) is 0 Å². The first kappa shape index (κ1) is 5.86. The molecule has 0 unspecified atom stereocenters. The van der Waals surface area contributed by atoms with E-state index in [1.807, 2.05) is 0 Å². The molecule has 0 N–H and O–H groups in total. The molecule has 0 radical (unpaired) electrons. The molecule has 0 aromatic rings. The Labute approximate surface area is 47.8 Å². The maximum absolute atomic E-state index is 4.72. The van der Waals surface area contributed by atoms with Gasteiger partial charge in [0.1, 0.15) is 0 Å². The van der Waals surface area contributed by atoms with Gasteiger partial charge in [-0.05, 0) is 0 Å². The van der Waals surface area contributed by atoms with Gasteiger partial charge in [0.15, 0.2) is 0 Å². The molecular weight excluding hydrogens is 261 g/mol. The summed E-state index contributed by atoms with van der Waals surface area (Å²) in [5, 5.41) is 0. The van der Waals surface area contributed by atoms with E-state index in [9.17, 15) is 0 Å². The molecule has 0 aliphatic heterocycles. The molecule has 0 fully saturated rings. The molecule has 0 atom stereocenters. The van der Waals surface area contributed by atoms with Crippen LogP contribution < -0.4 is 0 Å². The Hall–Kier alpha value is 0.856. The van der Waals surface area contributed by atoms with Crippen LogP contribution in [0.2, 0.25) is 4.08 Å². The molecule has 0 aliphatic rings. The van der Waals surface area contributed by atoms with Crippen LogP contribution in [0.3, 0.4) is 0 Å². The minimum absolute atomic E-state index is 0.938. The van der Waals surface area contributed by atoms with E-state index in [-0.39, 0.29) is 0 Å². The Kier molecular flexibility index (Phi) is 5.69. The van der Waals surface area contributed by atoms with Crippen LogP contribution in [0.1, 0.15) is 0 Å². The number of methoxy groups -OCH3 is 1. The summed E-state index contributed by atoms with van der Waals surface area (Å²) >= 11 is 1.44. The zero-order chi connectivity index (χ0) is 4.12. The van der Waals surface area contributed by atoms with Crippen LogP contribution in [0.25, 0.3) is 0 Å². The summed E-state index contributed by atoms with van der Waals surface area (Å²) < 4.78 is 5.95. The zero-order valence-electron chi connectivity index (χ0n) is 3.27. The molecule has 0 amide bonds. The Morgan fingerprint density at radius 1 is 1.80 bits per heavy atom. The number of rotatable bonds is 2. The van der Waals surface area contributed by atoms with E-state index < -0.39 is 0 Å². The second-order valence-electron chi connectivity index (χ2n) is 0.716. The van der Waals surface area contributed by atoms with Gasteiger partial charge in [0.25, 0.3) is 0 Å². The molecule has 0 heterocycles. The van der Waals surface area contributed by atoms with Gasteiger partial charge in [-0.2, -0.15) is 0 Å². The minimum atomic E-state index is 0.938. The summed E-state index contributed by atoms with van der Waals surface area (Å²) in [5.74, 6) is 0. The van der Waals surface area contributed by atoms with Gasteiger partial charge in [-0.1, -0.05) is 0 Å². The molecule has 0 rings (SSSR count). The fraction of sp³-hybridized carbons (Fsp3) is 1.00. The van der Waals surface area contributed by atoms with Crippen molar-refractivity contribution in [1.82, 2.24) is 0 Å². The molecule has 0 saturated heterocycles. The van der Waals surface area contributed by atoms with Crippen molar-refractivity contribution in [1.29, 1.82) is 0 Å². The van der Waals surface area contributed by atoms with Crippen LogP contribution >= 0.6 is 0 Å². The van der Waals surface area contributed by atoms with Crippen molar-refractivity contribution in [2.75, 3.05) is 13.7 Å². The standard InChI is InChI=1S/C3H7O.Po.H/c1-3-4-2;;/h1,3H2,2H3;;. The van der Waals surface area contributed by atoms with E-state index >= 15 is 0 Å². The van der Waals surface area contributed by atoms with Gasteiger partial charge >= 0.3 is 47.6 Å². The van der Waals surface area contributed by atoms with Crippen LogP contribution in [0, 0.1) is 0 Å². The summed E-state index contributed by atoms with van der Waals surface area (Å²) in [7, 11) is 1.73. The molecule has 0 aromatic heterocycles. The fourth-order valence-electron chi connectivity index (χ4n) is 0.0913. The van der Waals surface area contributed by atoms with E-state index in [2.05, 4.69) is 0 Å². The van der Waals surface area contributed by atoms with Gasteiger partial charge in [-0.25, -0.2) is 0 Å². The number of hydrogen-bond acceptors (Lipinski definition) is 1. The maximum atomic E-state index is 4.72. The Morgan fingerprint density at radius 3 is 2.40 bits per heavy atom. The first-order valence-electron chi connectivity index (χ1n) is 1.51. The molecule has 0 saturated carbocycles. The van der Waals surface area contributed by atoms with Crippen LogP contribution in [-0.4, -0.2) is 38.8 Å². The summed E-state index contributed by atoms with van der Waals surface area (Å²) in [6.45, 7) is 0.938. The van der Waals surface area contributed by atoms with Crippen molar-refractivity contribution in [2.45, 2.75) is 4.08 Å². The van der Waals surface area contributed by atoms with E-state index in [1.165, 1.54) is 29.1 Å². The number of hydrogen-bond donors (Lipinski definition) is 0. The number of ether oxygens (including phenoxy) is 1. The van der Waals surface area contributed by atoms with Crippen LogP contribution in [0.4, 0.5) is 0 Å². The second-order valence-corrected chi connectivity index (χ2v) is 2.45.